The lowest BCUT2D eigenvalue weighted by Crippen LogP contribution is -2.43. The summed E-state index contributed by atoms with van der Waals surface area (Å²) in [6, 6.07) is 15.1. The third-order valence-corrected chi connectivity index (χ3v) is 3.90. The van der Waals surface area contributed by atoms with E-state index in [4.69, 9.17) is 0 Å². The first-order valence-electron chi connectivity index (χ1n) is 7.35. The Bertz CT molecular complexity index is 739. The van der Waals surface area contributed by atoms with Gasteiger partial charge in [0.15, 0.2) is 0 Å². The Hall–Kier alpha value is -2.62. The van der Waals surface area contributed by atoms with E-state index >= 15 is 0 Å². The normalized spacial score (nSPS) is 16.3. The zero-order valence-electron chi connectivity index (χ0n) is 12.7. The molecule has 0 aromatic heterocycles. The van der Waals surface area contributed by atoms with E-state index in [1.54, 1.807) is 11.0 Å². The van der Waals surface area contributed by atoms with E-state index < -0.39 is 11.8 Å². The molecule has 0 radical (unpaired) electrons. The summed E-state index contributed by atoms with van der Waals surface area (Å²) in [5.74, 6) is -1.12. The van der Waals surface area contributed by atoms with Crippen LogP contribution in [-0.2, 0) is 16.0 Å². The van der Waals surface area contributed by atoms with Crippen LogP contribution in [0.25, 0.3) is 0 Å². The Labute approximate surface area is 129 Å². The first-order valence-corrected chi connectivity index (χ1v) is 7.35. The summed E-state index contributed by atoms with van der Waals surface area (Å²) in [6.45, 7) is 3.90. The van der Waals surface area contributed by atoms with Crippen molar-refractivity contribution in [2.24, 2.45) is 0 Å². The lowest BCUT2D eigenvalue weighted by atomic mass is 10.1. The summed E-state index contributed by atoms with van der Waals surface area (Å²) in [4.78, 5) is 26.4. The van der Waals surface area contributed by atoms with Crippen molar-refractivity contribution >= 4 is 23.2 Å². The first kappa shape index (κ1) is 14.3. The van der Waals surface area contributed by atoms with Gasteiger partial charge < -0.3 is 10.2 Å². The van der Waals surface area contributed by atoms with E-state index in [9.17, 15) is 9.59 Å². The van der Waals surface area contributed by atoms with Gasteiger partial charge in [0.05, 0.1) is 0 Å². The number of para-hydroxylation sites is 1. The molecule has 0 saturated carbocycles. The molecule has 2 aromatic rings. The van der Waals surface area contributed by atoms with Crippen LogP contribution in [0, 0.1) is 6.92 Å². The fourth-order valence-electron chi connectivity index (χ4n) is 2.89. The van der Waals surface area contributed by atoms with Crippen LogP contribution in [0.5, 0.6) is 0 Å². The number of hydrogen-bond acceptors (Lipinski definition) is 2. The predicted octanol–water partition coefficient (Wildman–Crippen LogP) is 2.91. The molecule has 1 heterocycles. The van der Waals surface area contributed by atoms with Gasteiger partial charge in [-0.15, -0.1) is 0 Å². The largest absolute Gasteiger partial charge is 0.318 e. The number of benzene rings is 2. The van der Waals surface area contributed by atoms with E-state index in [1.165, 1.54) is 0 Å². The number of hydrogen-bond donors (Lipinski definition) is 1. The van der Waals surface area contributed by atoms with Gasteiger partial charge in [-0.25, -0.2) is 0 Å². The quantitative estimate of drug-likeness (QED) is 0.822. The summed E-state index contributed by atoms with van der Waals surface area (Å²) in [7, 11) is 0. The highest BCUT2D eigenvalue weighted by Crippen LogP contribution is 2.31. The van der Waals surface area contributed by atoms with Gasteiger partial charge in [-0.1, -0.05) is 30.3 Å². The van der Waals surface area contributed by atoms with Crippen molar-refractivity contribution in [2.75, 3.05) is 10.2 Å². The Kier molecular flexibility index (Phi) is 3.67. The molecule has 0 bridgehead atoms. The number of carbonyl (C=O) groups excluding carboxylic acids is 2. The smallest absolute Gasteiger partial charge is 0.316 e. The highest BCUT2D eigenvalue weighted by Gasteiger charge is 2.34. The number of amides is 2. The second kappa shape index (κ2) is 5.64. The van der Waals surface area contributed by atoms with Gasteiger partial charge in [-0.2, -0.15) is 0 Å². The summed E-state index contributed by atoms with van der Waals surface area (Å²) < 4.78 is 0. The molecule has 112 valence electrons. The molecule has 0 spiro atoms. The second-order valence-corrected chi connectivity index (χ2v) is 5.68. The van der Waals surface area contributed by atoms with Crippen LogP contribution in [0.4, 0.5) is 11.4 Å². The number of carbonyl (C=O) groups is 2. The number of nitrogens with zero attached hydrogens (tertiary/aromatic N) is 1. The maximum absolute atomic E-state index is 12.5. The van der Waals surface area contributed by atoms with Gasteiger partial charge in [-0.3, -0.25) is 9.59 Å². The van der Waals surface area contributed by atoms with E-state index in [0.29, 0.717) is 5.69 Å². The maximum Gasteiger partial charge on any atom is 0.316 e. The Balaban J connectivity index is 1.80. The molecular weight excluding hydrogens is 276 g/mol. The molecule has 0 aliphatic carbocycles. The van der Waals surface area contributed by atoms with Crippen LogP contribution in [0.3, 0.4) is 0 Å². The van der Waals surface area contributed by atoms with Gasteiger partial charge in [0, 0.05) is 17.4 Å². The topological polar surface area (TPSA) is 49.4 Å². The second-order valence-electron chi connectivity index (χ2n) is 5.68. The van der Waals surface area contributed by atoms with E-state index in [-0.39, 0.29) is 6.04 Å². The third kappa shape index (κ3) is 2.60. The van der Waals surface area contributed by atoms with E-state index in [1.807, 2.05) is 56.3 Å². The molecule has 1 unspecified atom stereocenters. The van der Waals surface area contributed by atoms with Crippen LogP contribution in [0.1, 0.15) is 18.1 Å². The zero-order valence-corrected chi connectivity index (χ0v) is 12.7. The van der Waals surface area contributed by atoms with Gasteiger partial charge in [0.1, 0.15) is 0 Å². The zero-order chi connectivity index (χ0) is 15.7. The molecule has 1 aliphatic heterocycles. The minimum absolute atomic E-state index is 0.00633. The lowest BCUT2D eigenvalue weighted by Gasteiger charge is -2.22. The monoisotopic (exact) mass is 294 g/mol. The number of aryl methyl sites for hydroxylation is 1. The van der Waals surface area contributed by atoms with Crippen LogP contribution < -0.4 is 10.2 Å². The molecule has 4 nitrogen and oxygen atoms in total. The lowest BCUT2D eigenvalue weighted by molar-refractivity contribution is -0.134. The molecule has 2 aromatic carbocycles. The molecule has 0 fully saturated rings. The molecule has 2 amide bonds. The number of rotatable bonds is 1. The van der Waals surface area contributed by atoms with Crippen molar-refractivity contribution in [2.45, 2.75) is 26.3 Å². The Morgan fingerprint density at radius 2 is 1.91 bits per heavy atom. The van der Waals surface area contributed by atoms with Gasteiger partial charge in [-0.05, 0) is 49.6 Å². The highest BCUT2D eigenvalue weighted by molar-refractivity contribution is 6.44. The number of anilines is 2. The fraction of sp³-hybridized carbons (Fsp3) is 0.222. The summed E-state index contributed by atoms with van der Waals surface area (Å²) in [5.41, 5.74) is 3.61. The average molecular weight is 294 g/mol. The molecule has 1 atom stereocenters. The molecule has 22 heavy (non-hydrogen) atoms. The number of nitrogens with one attached hydrogen (secondary N) is 1. The van der Waals surface area contributed by atoms with Crippen molar-refractivity contribution in [3.8, 4) is 0 Å². The highest BCUT2D eigenvalue weighted by atomic mass is 16.2. The molecule has 1 N–H and O–H groups in total. The Morgan fingerprint density at radius 1 is 1.14 bits per heavy atom. The van der Waals surface area contributed by atoms with Gasteiger partial charge >= 0.3 is 11.8 Å². The minimum Gasteiger partial charge on any atom is -0.318 e. The molecule has 0 saturated heterocycles. The molecule has 3 rings (SSSR count). The SMILES string of the molecule is Cc1cccc(NC(=O)C(=O)N2c3ccccc3CC2C)c1. The van der Waals surface area contributed by atoms with E-state index in [0.717, 1.165) is 23.2 Å². The summed E-state index contributed by atoms with van der Waals surface area (Å²) in [6.07, 6.45) is 0.777. The van der Waals surface area contributed by atoms with E-state index in [2.05, 4.69) is 5.32 Å². The maximum atomic E-state index is 12.5. The van der Waals surface area contributed by atoms with Crippen LogP contribution in [-0.4, -0.2) is 17.9 Å². The summed E-state index contributed by atoms with van der Waals surface area (Å²) >= 11 is 0. The minimum atomic E-state index is -0.603. The first-order chi connectivity index (χ1) is 10.6. The van der Waals surface area contributed by atoms with Crippen molar-refractivity contribution < 1.29 is 9.59 Å². The van der Waals surface area contributed by atoms with Gasteiger partial charge in [0.2, 0.25) is 0 Å². The van der Waals surface area contributed by atoms with Crippen molar-refractivity contribution in [3.05, 3.63) is 59.7 Å². The fourth-order valence-corrected chi connectivity index (χ4v) is 2.89. The van der Waals surface area contributed by atoms with Crippen LogP contribution >= 0.6 is 0 Å². The molecule has 1 aliphatic rings. The third-order valence-electron chi connectivity index (χ3n) is 3.90. The van der Waals surface area contributed by atoms with Crippen molar-refractivity contribution in [1.82, 2.24) is 0 Å². The van der Waals surface area contributed by atoms with Crippen LogP contribution in [0.2, 0.25) is 0 Å². The Morgan fingerprint density at radius 3 is 2.68 bits per heavy atom. The standard InChI is InChI=1S/C18H18N2O2/c1-12-6-5-8-15(10-12)19-17(21)18(22)20-13(2)11-14-7-3-4-9-16(14)20/h3-10,13H,11H2,1-2H3,(H,19,21). The van der Waals surface area contributed by atoms with Crippen LogP contribution in [0.15, 0.2) is 48.5 Å². The molecular formula is C18H18N2O2. The van der Waals surface area contributed by atoms with Gasteiger partial charge in [0.25, 0.3) is 0 Å². The number of fused-ring (bicyclic) bond motifs is 1. The average Bonchev–Trinajstić information content (AvgIpc) is 2.82. The summed E-state index contributed by atoms with van der Waals surface area (Å²) in [5, 5.41) is 2.68. The predicted molar refractivity (Wildman–Crippen MR) is 86.9 cm³/mol. The van der Waals surface area contributed by atoms with Crippen molar-refractivity contribution in [1.29, 1.82) is 0 Å². The van der Waals surface area contributed by atoms with Crippen molar-refractivity contribution in [3.63, 3.8) is 0 Å². The molecule has 4 heteroatoms.